The van der Waals surface area contributed by atoms with Gasteiger partial charge in [0.2, 0.25) is 0 Å². The van der Waals surface area contributed by atoms with E-state index in [0.29, 0.717) is 28.2 Å². The van der Waals surface area contributed by atoms with E-state index in [9.17, 15) is 4.39 Å². The summed E-state index contributed by atoms with van der Waals surface area (Å²) in [6, 6.07) is 4.82. The summed E-state index contributed by atoms with van der Waals surface area (Å²) in [4.78, 5) is 8.77. The van der Waals surface area contributed by atoms with Gasteiger partial charge < -0.3 is 4.57 Å². The second-order valence-electron chi connectivity index (χ2n) is 8.97. The van der Waals surface area contributed by atoms with Gasteiger partial charge in [-0.3, -0.25) is 0 Å². The Morgan fingerprint density at radius 1 is 1.11 bits per heavy atom. The van der Waals surface area contributed by atoms with Crippen molar-refractivity contribution in [1.29, 1.82) is 0 Å². The van der Waals surface area contributed by atoms with E-state index >= 15 is 0 Å². The fraction of sp³-hybridized carbons (Fsp3) is 0.476. The Balaban J connectivity index is 1.51. The molecule has 7 heteroatoms. The third kappa shape index (κ3) is 2.21. The number of benzene rings is 1. The first-order chi connectivity index (χ1) is 13.6. The van der Waals surface area contributed by atoms with Gasteiger partial charge in [0, 0.05) is 17.9 Å². The number of imidazole rings is 1. The highest BCUT2D eigenvalue weighted by molar-refractivity contribution is 6.33. The summed E-state index contributed by atoms with van der Waals surface area (Å²) in [7, 11) is 0. The normalized spacial score (nSPS) is 33.5. The zero-order valence-electron chi connectivity index (χ0n) is 15.4. The van der Waals surface area contributed by atoms with Crippen LogP contribution in [-0.2, 0) is 11.1 Å². The van der Waals surface area contributed by atoms with Crippen LogP contribution in [0.1, 0.15) is 38.5 Å². The molecule has 0 aliphatic heterocycles. The Morgan fingerprint density at radius 3 is 2.61 bits per heavy atom. The highest BCUT2D eigenvalue weighted by Gasteiger charge is 2.60. The lowest BCUT2D eigenvalue weighted by atomic mass is 9.49. The van der Waals surface area contributed by atoms with Crippen molar-refractivity contribution in [3.8, 4) is 11.4 Å². The van der Waals surface area contributed by atoms with Crippen LogP contribution in [0.2, 0.25) is 5.02 Å². The van der Waals surface area contributed by atoms with Gasteiger partial charge in [-0.25, -0.2) is 19.0 Å². The molecular weight excluding hydrogens is 377 g/mol. The molecule has 4 saturated carbocycles. The molecule has 28 heavy (non-hydrogen) atoms. The Kier molecular flexibility index (Phi) is 3.38. The van der Waals surface area contributed by atoms with Crippen LogP contribution < -0.4 is 0 Å². The fourth-order valence-electron chi connectivity index (χ4n) is 6.75. The number of halogens is 2. The smallest absolute Gasteiger partial charge is 0.144 e. The van der Waals surface area contributed by atoms with Crippen molar-refractivity contribution in [1.82, 2.24) is 24.3 Å². The minimum Gasteiger partial charge on any atom is -0.325 e. The first-order valence-electron chi connectivity index (χ1n) is 9.92. The molecule has 4 fully saturated rings. The van der Waals surface area contributed by atoms with Crippen molar-refractivity contribution in [3.05, 3.63) is 54.1 Å². The first-order valence-corrected chi connectivity index (χ1v) is 10.3. The summed E-state index contributed by atoms with van der Waals surface area (Å²) in [5.41, 5.74) is 0.328. The zero-order chi connectivity index (χ0) is 18.9. The summed E-state index contributed by atoms with van der Waals surface area (Å²) >= 11 is 6.39. The summed E-state index contributed by atoms with van der Waals surface area (Å²) < 4.78 is 19.0. The van der Waals surface area contributed by atoms with Crippen molar-refractivity contribution in [2.45, 2.75) is 49.6 Å². The van der Waals surface area contributed by atoms with Crippen LogP contribution in [0.3, 0.4) is 0 Å². The van der Waals surface area contributed by atoms with Gasteiger partial charge in [-0.1, -0.05) is 17.7 Å². The molecule has 2 unspecified atom stereocenters. The minimum atomic E-state index is -0.323. The molecule has 2 aromatic heterocycles. The highest BCUT2D eigenvalue weighted by Crippen LogP contribution is 2.63. The second-order valence-corrected chi connectivity index (χ2v) is 9.37. The maximum atomic E-state index is 14.7. The lowest BCUT2D eigenvalue weighted by molar-refractivity contribution is -0.0968. The van der Waals surface area contributed by atoms with Gasteiger partial charge in [0.15, 0.2) is 0 Å². The van der Waals surface area contributed by atoms with Crippen LogP contribution in [0, 0.1) is 17.7 Å². The molecule has 0 spiro atoms. The monoisotopic (exact) mass is 397 g/mol. The molecule has 2 heterocycles. The van der Waals surface area contributed by atoms with Gasteiger partial charge >= 0.3 is 0 Å². The van der Waals surface area contributed by atoms with E-state index in [1.54, 1.807) is 24.7 Å². The third-order valence-corrected chi connectivity index (χ3v) is 7.56. The standard InChI is InChI=1S/C21H21ClFN5/c22-16-2-1-3-17(23)18(16)19-25-4-5-27(19)20-7-14-6-15(8-20)10-21(9-14,11-20)28-13-24-12-26-28/h1-5,12-15H,6-11H2. The van der Waals surface area contributed by atoms with E-state index < -0.39 is 0 Å². The lowest BCUT2D eigenvalue weighted by Crippen LogP contribution is -2.60. The van der Waals surface area contributed by atoms with Crippen LogP contribution in [-0.4, -0.2) is 24.3 Å². The van der Waals surface area contributed by atoms with E-state index in [-0.39, 0.29) is 16.9 Å². The van der Waals surface area contributed by atoms with Gasteiger partial charge in [-0.15, -0.1) is 0 Å². The third-order valence-electron chi connectivity index (χ3n) is 7.24. The maximum absolute atomic E-state index is 14.7. The lowest BCUT2D eigenvalue weighted by Gasteiger charge is -2.62. The molecule has 1 aromatic carbocycles. The number of hydrogen-bond acceptors (Lipinski definition) is 3. The Labute approximate surface area is 167 Å². The Morgan fingerprint density at radius 2 is 1.89 bits per heavy atom. The number of aromatic nitrogens is 5. The van der Waals surface area contributed by atoms with E-state index in [1.165, 1.54) is 12.5 Å². The summed E-state index contributed by atoms with van der Waals surface area (Å²) in [6.07, 6.45) is 14.1. The highest BCUT2D eigenvalue weighted by atomic mass is 35.5. The average Bonchev–Trinajstić information content (AvgIpc) is 3.33. The molecule has 7 rings (SSSR count). The van der Waals surface area contributed by atoms with Crippen LogP contribution in [0.4, 0.5) is 4.39 Å². The first kappa shape index (κ1) is 16.7. The molecule has 0 amide bonds. The summed E-state index contributed by atoms with van der Waals surface area (Å²) in [5.74, 6) is 1.61. The van der Waals surface area contributed by atoms with Crippen molar-refractivity contribution in [2.24, 2.45) is 11.8 Å². The minimum absolute atomic E-state index is 0.00114. The topological polar surface area (TPSA) is 48.5 Å². The SMILES string of the molecule is Fc1cccc(Cl)c1-c1nccn1C12CC3CC(CC(n4cncn4)(C3)C1)C2. The molecule has 4 aliphatic carbocycles. The number of hydrogen-bond donors (Lipinski definition) is 0. The molecule has 0 radical (unpaired) electrons. The predicted molar refractivity (Wildman–Crippen MR) is 103 cm³/mol. The van der Waals surface area contributed by atoms with Gasteiger partial charge in [0.1, 0.15) is 24.3 Å². The van der Waals surface area contributed by atoms with Gasteiger partial charge in [-0.2, -0.15) is 5.10 Å². The van der Waals surface area contributed by atoms with Crippen LogP contribution in [0.15, 0.2) is 43.2 Å². The second kappa shape index (κ2) is 5.66. The predicted octanol–water partition coefficient (Wildman–Crippen LogP) is 4.64. The van der Waals surface area contributed by atoms with Gasteiger partial charge in [0.05, 0.1) is 16.1 Å². The van der Waals surface area contributed by atoms with Crippen molar-refractivity contribution < 1.29 is 4.39 Å². The van der Waals surface area contributed by atoms with E-state index in [4.69, 9.17) is 11.6 Å². The van der Waals surface area contributed by atoms with E-state index in [2.05, 4.69) is 24.3 Å². The van der Waals surface area contributed by atoms with Gasteiger partial charge in [-0.05, 0) is 62.5 Å². The molecule has 0 saturated heterocycles. The molecule has 2 atom stereocenters. The molecule has 4 aliphatic rings. The van der Waals surface area contributed by atoms with Crippen molar-refractivity contribution in [3.63, 3.8) is 0 Å². The Bertz CT molecular complexity index is 1010. The van der Waals surface area contributed by atoms with E-state index in [0.717, 1.165) is 32.1 Å². The van der Waals surface area contributed by atoms with Crippen LogP contribution in [0.5, 0.6) is 0 Å². The number of nitrogens with zero attached hydrogens (tertiary/aromatic N) is 5. The summed E-state index contributed by atoms with van der Waals surface area (Å²) in [5, 5.41) is 4.93. The maximum Gasteiger partial charge on any atom is 0.144 e. The van der Waals surface area contributed by atoms with Crippen molar-refractivity contribution in [2.75, 3.05) is 0 Å². The largest absolute Gasteiger partial charge is 0.325 e. The average molecular weight is 398 g/mol. The van der Waals surface area contributed by atoms with E-state index in [1.807, 2.05) is 12.5 Å². The van der Waals surface area contributed by atoms with Crippen LogP contribution in [0.25, 0.3) is 11.4 Å². The molecule has 5 nitrogen and oxygen atoms in total. The molecule has 144 valence electrons. The summed E-state index contributed by atoms with van der Waals surface area (Å²) in [6.45, 7) is 0. The fourth-order valence-corrected chi connectivity index (χ4v) is 7.00. The van der Waals surface area contributed by atoms with Crippen molar-refractivity contribution >= 4 is 11.6 Å². The molecular formula is C21H21ClFN5. The Hall–Kier alpha value is -2.21. The molecule has 4 bridgehead atoms. The van der Waals surface area contributed by atoms with Gasteiger partial charge in [0.25, 0.3) is 0 Å². The zero-order valence-corrected chi connectivity index (χ0v) is 16.2. The molecule has 3 aromatic rings. The van der Waals surface area contributed by atoms with Crippen LogP contribution >= 0.6 is 11.6 Å². The number of rotatable bonds is 3. The quantitative estimate of drug-likeness (QED) is 0.647. The molecule has 0 N–H and O–H groups in total.